The number of amides is 3. The lowest BCUT2D eigenvalue weighted by atomic mass is 9.93. The van der Waals surface area contributed by atoms with E-state index in [9.17, 15) is 14.4 Å². The van der Waals surface area contributed by atoms with Crippen molar-refractivity contribution in [3.05, 3.63) is 36.1 Å². The second-order valence-corrected chi connectivity index (χ2v) is 22.8. The number of thioether (sulfide) groups is 2. The molecule has 0 aliphatic carbocycles. The Kier molecular flexibility index (Phi) is 19.7. The second-order valence-electron chi connectivity index (χ2n) is 19.3. The van der Waals surface area contributed by atoms with Gasteiger partial charge in [-0.2, -0.15) is 0 Å². The van der Waals surface area contributed by atoms with Gasteiger partial charge in [0, 0.05) is 53.8 Å². The van der Waals surface area contributed by atoms with Gasteiger partial charge in [-0.05, 0) is 79.7 Å². The lowest BCUT2D eigenvalue weighted by Gasteiger charge is -2.22. The zero-order chi connectivity index (χ0) is 42.3. The van der Waals surface area contributed by atoms with Crippen LogP contribution in [0.3, 0.4) is 0 Å². The molecule has 2 aromatic rings. The molecule has 316 valence electrons. The molecule has 2 fully saturated rings. The second kappa shape index (κ2) is 20.7. The molecule has 0 aromatic carbocycles. The summed E-state index contributed by atoms with van der Waals surface area (Å²) in [5.74, 6) is 0.204. The van der Waals surface area contributed by atoms with Crippen LogP contribution in [0.15, 0.2) is 24.7 Å². The van der Waals surface area contributed by atoms with Crippen molar-refractivity contribution in [2.24, 2.45) is 0 Å². The Morgan fingerprint density at radius 2 is 0.927 bits per heavy atom. The summed E-state index contributed by atoms with van der Waals surface area (Å²) < 4.78 is 3.82. The fourth-order valence-corrected chi connectivity index (χ4v) is 7.54. The Balaban J connectivity index is 0.000000703. The van der Waals surface area contributed by atoms with Gasteiger partial charge in [0.25, 0.3) is 0 Å². The number of hydrogen-bond acceptors (Lipinski definition) is 9. The van der Waals surface area contributed by atoms with Crippen LogP contribution < -0.4 is 0 Å². The zero-order valence-corrected chi connectivity index (χ0v) is 39.0. The smallest absolute Gasteiger partial charge is 0.243 e. The number of nitrogens with zero attached hydrogens (tertiary/aromatic N) is 8. The van der Waals surface area contributed by atoms with E-state index < -0.39 is 0 Å². The molecule has 2 aromatic heterocycles. The number of imide groups is 1. The standard InChI is InChI=1S/C11H19NOS.2C10H19N3.C10H17NO2S.CH4/c1-7(2)12-9(5)6-10(11(12)13)14-8(3)4;2*1-9(2,3)8-7-13(12-11-8)10(4,5)6;1-6(2)11-9(12)5-8(10(11)13)14-7(3)4;/h7-8,10H,5-6H2,1-4H3;2*7H,1-6H3;6-8H,5H2,1-4H3;1H4. The lowest BCUT2D eigenvalue weighted by molar-refractivity contribution is -0.140. The van der Waals surface area contributed by atoms with Crippen molar-refractivity contribution < 1.29 is 14.4 Å². The predicted octanol–water partition coefficient (Wildman–Crippen LogP) is 9.61. The van der Waals surface area contributed by atoms with Crippen molar-refractivity contribution in [1.82, 2.24) is 39.8 Å². The van der Waals surface area contributed by atoms with E-state index in [1.54, 1.807) is 23.5 Å². The lowest BCUT2D eigenvalue weighted by Crippen LogP contribution is -2.37. The first kappa shape index (κ1) is 52.3. The molecule has 11 nitrogen and oxygen atoms in total. The van der Waals surface area contributed by atoms with Crippen molar-refractivity contribution in [3.8, 4) is 0 Å². The molecular weight excluding hydrogens is 729 g/mol. The summed E-state index contributed by atoms with van der Waals surface area (Å²) in [5, 5.41) is 17.4. The third-order valence-corrected chi connectivity index (χ3v) is 10.7. The van der Waals surface area contributed by atoms with E-state index in [4.69, 9.17) is 0 Å². The molecule has 0 bridgehead atoms. The van der Waals surface area contributed by atoms with Crippen LogP contribution in [0.4, 0.5) is 0 Å². The van der Waals surface area contributed by atoms with Crippen LogP contribution in [0.2, 0.25) is 0 Å². The minimum atomic E-state index is -0.148. The highest BCUT2D eigenvalue weighted by Gasteiger charge is 2.40. The maximum Gasteiger partial charge on any atom is 0.243 e. The van der Waals surface area contributed by atoms with E-state index in [0.717, 1.165) is 23.5 Å². The van der Waals surface area contributed by atoms with Gasteiger partial charge >= 0.3 is 0 Å². The van der Waals surface area contributed by atoms with Gasteiger partial charge < -0.3 is 4.90 Å². The van der Waals surface area contributed by atoms with Crippen LogP contribution in [-0.2, 0) is 36.3 Å². The maximum atomic E-state index is 11.9. The third-order valence-electron chi connectivity index (χ3n) is 8.22. The van der Waals surface area contributed by atoms with Gasteiger partial charge in [-0.25, -0.2) is 9.36 Å². The van der Waals surface area contributed by atoms with Gasteiger partial charge in [0.05, 0.1) is 33.0 Å². The molecule has 2 atom stereocenters. The highest BCUT2D eigenvalue weighted by atomic mass is 32.2. The van der Waals surface area contributed by atoms with Crippen LogP contribution in [0.25, 0.3) is 0 Å². The van der Waals surface area contributed by atoms with Crippen LogP contribution in [-0.4, -0.2) is 90.6 Å². The number of carbonyl (C=O) groups is 3. The fourth-order valence-electron chi connectivity index (χ4n) is 5.24. The first-order valence-corrected chi connectivity index (χ1v) is 21.2. The monoisotopic (exact) mass is 807 g/mol. The summed E-state index contributed by atoms with van der Waals surface area (Å²) in [7, 11) is 0. The average molecular weight is 807 g/mol. The molecule has 2 unspecified atom stereocenters. The van der Waals surface area contributed by atoms with Crippen molar-refractivity contribution in [2.75, 3.05) is 0 Å². The quantitative estimate of drug-likeness (QED) is 0.263. The summed E-state index contributed by atoms with van der Waals surface area (Å²) in [6.07, 6.45) is 5.25. The van der Waals surface area contributed by atoms with Crippen molar-refractivity contribution in [3.63, 3.8) is 0 Å². The van der Waals surface area contributed by atoms with E-state index in [1.807, 2.05) is 68.2 Å². The minimum absolute atomic E-state index is 0. The fraction of sp³-hybridized carbons (Fsp3) is 0.786. The van der Waals surface area contributed by atoms with Gasteiger partial charge in [-0.15, -0.1) is 33.7 Å². The number of carbonyl (C=O) groups excluding carboxylic acids is 3. The van der Waals surface area contributed by atoms with Gasteiger partial charge in [-0.1, -0.05) is 93.7 Å². The Hall–Kier alpha value is -2.67. The molecule has 4 rings (SSSR count). The van der Waals surface area contributed by atoms with Crippen LogP contribution in [0.5, 0.6) is 0 Å². The summed E-state index contributed by atoms with van der Waals surface area (Å²) in [4.78, 5) is 38.4. The maximum absolute atomic E-state index is 11.9. The summed E-state index contributed by atoms with van der Waals surface area (Å²) in [6.45, 7) is 45.7. The van der Waals surface area contributed by atoms with Crippen LogP contribution >= 0.6 is 23.5 Å². The van der Waals surface area contributed by atoms with Crippen molar-refractivity contribution >= 4 is 41.2 Å². The summed E-state index contributed by atoms with van der Waals surface area (Å²) in [5.41, 5.74) is 3.29. The Morgan fingerprint density at radius 1 is 0.600 bits per heavy atom. The number of allylic oxidation sites excluding steroid dienone is 1. The van der Waals surface area contributed by atoms with Crippen LogP contribution in [0.1, 0.15) is 170 Å². The topological polar surface area (TPSA) is 119 Å². The SMILES string of the molecule is C.C=C1CC(SC(C)C)C(=O)N1C(C)C.CC(C)(C)c1cn(C(C)(C)C)nn1.CC(C)(C)c1cn(C(C)(C)C)nn1.CC(C)SC1CC(=O)N(C(C)C)C1=O. The zero-order valence-electron chi connectivity index (χ0n) is 37.4. The largest absolute Gasteiger partial charge is 0.313 e. The molecule has 4 heterocycles. The summed E-state index contributed by atoms with van der Waals surface area (Å²) in [6, 6.07) is 0.237. The molecule has 2 saturated heterocycles. The van der Waals surface area contributed by atoms with E-state index >= 15 is 0 Å². The Labute approximate surface area is 344 Å². The van der Waals surface area contributed by atoms with Gasteiger partial charge in [0.15, 0.2) is 0 Å². The Bertz CT molecular complexity index is 1360. The molecule has 2 aliphatic heterocycles. The molecule has 3 amide bonds. The van der Waals surface area contributed by atoms with Crippen molar-refractivity contribution in [1.29, 1.82) is 0 Å². The number of hydrogen-bond donors (Lipinski definition) is 0. The normalized spacial score (nSPS) is 18.0. The molecule has 13 heteroatoms. The van der Waals surface area contributed by atoms with Crippen LogP contribution in [0, 0.1) is 0 Å². The molecule has 55 heavy (non-hydrogen) atoms. The molecule has 0 spiro atoms. The number of rotatable bonds is 6. The molecule has 0 radical (unpaired) electrons. The highest BCUT2D eigenvalue weighted by Crippen LogP contribution is 2.34. The van der Waals surface area contributed by atoms with Gasteiger partial charge in [0.1, 0.15) is 0 Å². The first-order chi connectivity index (χ1) is 24.3. The molecule has 0 saturated carbocycles. The number of likely N-dealkylation sites (tertiary alicyclic amines) is 2. The van der Waals surface area contributed by atoms with E-state index in [2.05, 4.69) is 124 Å². The minimum Gasteiger partial charge on any atom is -0.313 e. The molecule has 2 aliphatic rings. The predicted molar refractivity (Wildman–Crippen MR) is 235 cm³/mol. The molecular formula is C42H78N8O3S2. The van der Waals surface area contributed by atoms with Crippen molar-refractivity contribution in [2.45, 2.75) is 214 Å². The van der Waals surface area contributed by atoms with E-state index in [0.29, 0.717) is 16.9 Å². The van der Waals surface area contributed by atoms with E-state index in [-0.39, 0.29) is 69.6 Å². The third kappa shape index (κ3) is 16.4. The first-order valence-electron chi connectivity index (χ1n) is 19.3. The summed E-state index contributed by atoms with van der Waals surface area (Å²) >= 11 is 3.33. The van der Waals surface area contributed by atoms with E-state index in [1.165, 1.54) is 4.90 Å². The van der Waals surface area contributed by atoms with Gasteiger partial charge in [0.2, 0.25) is 17.7 Å². The Morgan fingerprint density at radius 3 is 1.15 bits per heavy atom. The molecule has 0 N–H and O–H groups in total. The highest BCUT2D eigenvalue weighted by molar-refractivity contribution is 8.01. The van der Waals surface area contributed by atoms with Gasteiger partial charge in [-0.3, -0.25) is 19.3 Å². The average Bonchev–Trinajstić information content (AvgIpc) is 3.75. The number of aromatic nitrogens is 6.